The van der Waals surface area contributed by atoms with E-state index in [1.54, 1.807) is 0 Å². The summed E-state index contributed by atoms with van der Waals surface area (Å²) >= 11 is 0. The van der Waals surface area contributed by atoms with E-state index in [1.165, 1.54) is 34.3 Å². The van der Waals surface area contributed by atoms with E-state index in [2.05, 4.69) is 77.2 Å². The third-order valence-corrected chi connectivity index (χ3v) is 5.37. The Morgan fingerprint density at radius 2 is 1.03 bits per heavy atom. The third-order valence-electron chi connectivity index (χ3n) is 5.37. The number of hydrogen-bond donors (Lipinski definition) is 1. The Labute approximate surface area is 198 Å². The Balaban J connectivity index is 4.03. The van der Waals surface area contributed by atoms with Crippen molar-refractivity contribution < 1.29 is 9.53 Å². The summed E-state index contributed by atoms with van der Waals surface area (Å²) in [5.74, 6) is 0. The Bertz CT molecular complexity index is 673. The first-order valence-corrected chi connectivity index (χ1v) is 12.4. The molecule has 0 bridgehead atoms. The number of ether oxygens (including phenoxy) is 1. The van der Waals surface area contributed by atoms with Crippen LogP contribution < -0.4 is 5.32 Å². The lowest BCUT2D eigenvalue weighted by atomic mass is 10.0. The number of unbranched alkanes of at least 4 members (excludes halogenated alkanes) is 1. The molecule has 0 aromatic rings. The van der Waals surface area contributed by atoms with Crippen LogP contribution in [-0.2, 0) is 4.74 Å². The van der Waals surface area contributed by atoms with Gasteiger partial charge in [-0.2, -0.15) is 0 Å². The van der Waals surface area contributed by atoms with Crippen LogP contribution in [-0.4, -0.2) is 19.2 Å². The molecule has 0 heterocycles. The van der Waals surface area contributed by atoms with Crippen molar-refractivity contribution in [2.45, 2.75) is 106 Å². The highest BCUT2D eigenvalue weighted by atomic mass is 16.5. The molecule has 1 amide bonds. The molecule has 0 rings (SSSR count). The van der Waals surface area contributed by atoms with Gasteiger partial charge in [0, 0.05) is 6.54 Å². The van der Waals surface area contributed by atoms with Gasteiger partial charge < -0.3 is 10.1 Å². The largest absolute Gasteiger partial charge is 0.450 e. The minimum Gasteiger partial charge on any atom is -0.450 e. The van der Waals surface area contributed by atoms with Gasteiger partial charge in [-0.25, -0.2) is 4.79 Å². The molecule has 0 spiro atoms. The van der Waals surface area contributed by atoms with Crippen molar-refractivity contribution in [2.75, 3.05) is 13.2 Å². The van der Waals surface area contributed by atoms with E-state index in [9.17, 15) is 4.79 Å². The molecule has 0 atom stereocenters. The van der Waals surface area contributed by atoms with Crippen molar-refractivity contribution in [2.24, 2.45) is 0 Å². The molecular weight excluding hydrogens is 394 g/mol. The standard InChI is InChI=1S/C29H49NO2/c1-8-32-29(31)30-23-22-28(7)21-13-19-26(5)16-10-9-15-25(4)18-12-20-27(6)17-11-14-24(2)3/h14-16,20-21H,8-13,17-19,22-23H2,1-7H3,(H,30,31)/b25-15+,26-16+,27-20+,28-21+. The maximum absolute atomic E-state index is 11.3. The molecule has 0 aliphatic carbocycles. The normalized spacial score (nSPS) is 13.2. The van der Waals surface area contributed by atoms with Crippen LogP contribution in [0, 0.1) is 0 Å². The molecular formula is C29H49NO2. The van der Waals surface area contributed by atoms with Crippen LogP contribution in [0.1, 0.15) is 106 Å². The summed E-state index contributed by atoms with van der Waals surface area (Å²) in [6.07, 6.45) is 21.4. The fraction of sp³-hybridized carbons (Fsp3) is 0.621. The first-order chi connectivity index (χ1) is 15.2. The molecule has 3 nitrogen and oxygen atoms in total. The van der Waals surface area contributed by atoms with E-state index < -0.39 is 0 Å². The zero-order valence-corrected chi connectivity index (χ0v) is 22.0. The summed E-state index contributed by atoms with van der Waals surface area (Å²) in [7, 11) is 0. The predicted octanol–water partition coefficient (Wildman–Crippen LogP) is 8.99. The summed E-state index contributed by atoms with van der Waals surface area (Å²) in [5.41, 5.74) is 7.19. The fourth-order valence-corrected chi connectivity index (χ4v) is 3.29. The van der Waals surface area contributed by atoms with E-state index in [0.29, 0.717) is 13.2 Å². The number of allylic oxidation sites excluding steroid dienone is 9. The number of carbonyl (C=O) groups is 1. The number of nitrogens with one attached hydrogen (secondary N) is 1. The molecule has 1 N–H and O–H groups in total. The predicted molar refractivity (Wildman–Crippen MR) is 141 cm³/mol. The zero-order valence-electron chi connectivity index (χ0n) is 22.0. The van der Waals surface area contributed by atoms with Crippen LogP contribution in [0.25, 0.3) is 0 Å². The zero-order chi connectivity index (χ0) is 24.2. The number of amides is 1. The van der Waals surface area contributed by atoms with Crippen molar-refractivity contribution in [3.05, 3.63) is 58.2 Å². The van der Waals surface area contributed by atoms with Crippen molar-refractivity contribution in [1.82, 2.24) is 5.32 Å². The lowest BCUT2D eigenvalue weighted by molar-refractivity contribution is 0.152. The minimum atomic E-state index is -0.329. The van der Waals surface area contributed by atoms with E-state index in [0.717, 1.165) is 51.4 Å². The summed E-state index contributed by atoms with van der Waals surface area (Å²) in [6.45, 7) is 16.0. The van der Waals surface area contributed by atoms with Crippen LogP contribution >= 0.6 is 0 Å². The average Bonchev–Trinajstić information content (AvgIpc) is 2.71. The number of alkyl carbamates (subject to hydrolysis) is 1. The first kappa shape index (κ1) is 30.0. The molecule has 0 fully saturated rings. The second-order valence-electron chi connectivity index (χ2n) is 9.07. The van der Waals surface area contributed by atoms with E-state index in [1.807, 2.05) is 6.92 Å². The van der Waals surface area contributed by atoms with Crippen molar-refractivity contribution in [1.29, 1.82) is 0 Å². The fourth-order valence-electron chi connectivity index (χ4n) is 3.29. The van der Waals surface area contributed by atoms with Gasteiger partial charge in [-0.05, 0) is 106 Å². The highest BCUT2D eigenvalue weighted by Gasteiger charge is 1.99. The average molecular weight is 444 g/mol. The molecule has 0 aromatic heterocycles. The highest BCUT2D eigenvalue weighted by Crippen LogP contribution is 2.14. The van der Waals surface area contributed by atoms with Crippen molar-refractivity contribution >= 4 is 6.09 Å². The van der Waals surface area contributed by atoms with E-state index in [-0.39, 0.29) is 6.09 Å². The second kappa shape index (κ2) is 19.6. The van der Waals surface area contributed by atoms with Crippen molar-refractivity contribution in [3.8, 4) is 0 Å². The first-order valence-electron chi connectivity index (χ1n) is 12.4. The van der Waals surface area contributed by atoms with Gasteiger partial charge in [0.2, 0.25) is 0 Å². The molecule has 0 unspecified atom stereocenters. The molecule has 182 valence electrons. The van der Waals surface area contributed by atoms with Crippen LogP contribution in [0.2, 0.25) is 0 Å². The van der Waals surface area contributed by atoms with Gasteiger partial charge >= 0.3 is 6.09 Å². The molecule has 0 radical (unpaired) electrons. The van der Waals surface area contributed by atoms with E-state index >= 15 is 0 Å². The Morgan fingerprint density at radius 3 is 1.47 bits per heavy atom. The monoisotopic (exact) mass is 443 g/mol. The molecule has 32 heavy (non-hydrogen) atoms. The molecule has 0 aliphatic heterocycles. The summed E-state index contributed by atoms with van der Waals surface area (Å²) < 4.78 is 4.86. The smallest absolute Gasteiger partial charge is 0.407 e. The lowest BCUT2D eigenvalue weighted by Crippen LogP contribution is -2.25. The van der Waals surface area contributed by atoms with Gasteiger partial charge in [-0.1, -0.05) is 58.2 Å². The molecule has 0 saturated carbocycles. The number of carbonyl (C=O) groups excluding carboxylic acids is 1. The summed E-state index contributed by atoms with van der Waals surface area (Å²) in [6, 6.07) is 0. The quantitative estimate of drug-likeness (QED) is 0.191. The molecule has 0 aliphatic rings. The Kier molecular flexibility index (Phi) is 18.4. The van der Waals surface area contributed by atoms with Gasteiger partial charge in [0.25, 0.3) is 0 Å². The van der Waals surface area contributed by atoms with Crippen molar-refractivity contribution in [3.63, 3.8) is 0 Å². The minimum absolute atomic E-state index is 0.329. The van der Waals surface area contributed by atoms with Gasteiger partial charge in [0.15, 0.2) is 0 Å². The highest BCUT2D eigenvalue weighted by molar-refractivity contribution is 5.66. The third kappa shape index (κ3) is 19.9. The van der Waals surface area contributed by atoms with Crippen LogP contribution in [0.4, 0.5) is 4.79 Å². The SMILES string of the molecule is CCOC(=O)NCC/C(C)=C/CC/C(C)=C/CC/C=C(\C)CC/C=C(\C)CCC=C(C)C. The van der Waals surface area contributed by atoms with Gasteiger partial charge in [-0.3, -0.25) is 0 Å². The summed E-state index contributed by atoms with van der Waals surface area (Å²) in [4.78, 5) is 11.3. The maximum Gasteiger partial charge on any atom is 0.407 e. The molecule has 0 aromatic carbocycles. The maximum atomic E-state index is 11.3. The van der Waals surface area contributed by atoms with Gasteiger partial charge in [0.1, 0.15) is 0 Å². The van der Waals surface area contributed by atoms with Gasteiger partial charge in [0.05, 0.1) is 6.61 Å². The molecule has 0 saturated heterocycles. The van der Waals surface area contributed by atoms with Crippen LogP contribution in [0.5, 0.6) is 0 Å². The van der Waals surface area contributed by atoms with Crippen LogP contribution in [0.15, 0.2) is 58.2 Å². The summed E-state index contributed by atoms with van der Waals surface area (Å²) in [5, 5.41) is 2.76. The van der Waals surface area contributed by atoms with E-state index in [4.69, 9.17) is 4.74 Å². The number of rotatable bonds is 16. The molecule has 3 heteroatoms. The lowest BCUT2D eigenvalue weighted by Gasteiger charge is -2.05. The van der Waals surface area contributed by atoms with Gasteiger partial charge in [-0.15, -0.1) is 0 Å². The van der Waals surface area contributed by atoms with Crippen LogP contribution in [0.3, 0.4) is 0 Å². The topological polar surface area (TPSA) is 38.3 Å². The Morgan fingerprint density at radius 1 is 0.625 bits per heavy atom. The Hall–Kier alpha value is -2.03. The second-order valence-corrected chi connectivity index (χ2v) is 9.07. The number of hydrogen-bond acceptors (Lipinski definition) is 2.